The lowest BCUT2D eigenvalue weighted by Crippen LogP contribution is -2.04. The molecule has 0 aliphatic carbocycles. The van der Waals surface area contributed by atoms with E-state index in [-0.39, 0.29) is 0 Å². The molecule has 0 atom stereocenters. The summed E-state index contributed by atoms with van der Waals surface area (Å²) in [4.78, 5) is 2.52. The summed E-state index contributed by atoms with van der Waals surface area (Å²) in [5.41, 5.74) is 0. The molecular formula is C12H25N+. The van der Waals surface area contributed by atoms with Gasteiger partial charge in [0.15, 0.2) is 13.1 Å². The first-order chi connectivity index (χ1) is 6.43. The van der Waals surface area contributed by atoms with Crippen LogP contribution in [0.4, 0.5) is 0 Å². The minimum Gasteiger partial charge on any atom is -0.159 e. The zero-order valence-corrected chi connectivity index (χ0v) is 9.23. The number of unbranched alkanes of at least 4 members (excludes halogenated alkanes) is 7. The van der Waals surface area contributed by atoms with Crippen molar-refractivity contribution in [2.75, 3.05) is 19.6 Å². The van der Waals surface area contributed by atoms with Gasteiger partial charge in [-0.05, 0) is 6.42 Å². The minimum absolute atomic E-state index is 1.37. The topological polar surface area (TPSA) is 5.90 Å². The summed E-state index contributed by atoms with van der Waals surface area (Å²) in [6.07, 6.45) is 11.6. The van der Waals surface area contributed by atoms with Crippen LogP contribution in [-0.4, -0.2) is 19.6 Å². The Morgan fingerprint density at radius 1 is 0.769 bits per heavy atom. The number of nitrogens with zero attached hydrogens (tertiary/aromatic N) is 1. The van der Waals surface area contributed by atoms with Gasteiger partial charge in [-0.2, -0.15) is 4.90 Å². The van der Waals surface area contributed by atoms with Crippen molar-refractivity contribution in [2.45, 2.75) is 58.3 Å². The fraction of sp³-hybridized carbons (Fsp3) is 1.00. The highest BCUT2D eigenvalue weighted by Gasteiger charge is 2.29. The van der Waals surface area contributed by atoms with Crippen LogP contribution in [0.1, 0.15) is 58.3 Å². The van der Waals surface area contributed by atoms with E-state index in [0.717, 1.165) is 0 Å². The zero-order valence-electron chi connectivity index (χ0n) is 9.23. The minimum atomic E-state index is 1.37. The quantitative estimate of drug-likeness (QED) is 0.294. The molecule has 0 aromatic carbocycles. The maximum Gasteiger partial charge on any atom is 0.176 e. The summed E-state index contributed by atoms with van der Waals surface area (Å²) in [5.74, 6) is 0. The van der Waals surface area contributed by atoms with E-state index in [1.165, 1.54) is 71.0 Å². The first-order valence-corrected chi connectivity index (χ1v) is 6.16. The molecule has 77 valence electrons. The van der Waals surface area contributed by atoms with Gasteiger partial charge >= 0.3 is 0 Å². The number of hydrogen-bond donors (Lipinski definition) is 0. The molecule has 1 heteroatoms. The van der Waals surface area contributed by atoms with Crippen LogP contribution in [0.2, 0.25) is 0 Å². The molecule has 0 unspecified atom stereocenters. The molecule has 1 aliphatic heterocycles. The third-order valence-electron chi connectivity index (χ3n) is 2.87. The predicted molar refractivity (Wildman–Crippen MR) is 59.3 cm³/mol. The lowest BCUT2D eigenvalue weighted by atomic mass is 10.1. The van der Waals surface area contributed by atoms with Crippen LogP contribution in [0.3, 0.4) is 0 Å². The van der Waals surface area contributed by atoms with Crippen LogP contribution in [0.5, 0.6) is 0 Å². The Morgan fingerprint density at radius 2 is 1.31 bits per heavy atom. The molecule has 1 heterocycles. The summed E-state index contributed by atoms with van der Waals surface area (Å²) >= 11 is 0. The molecule has 0 saturated carbocycles. The van der Waals surface area contributed by atoms with Gasteiger partial charge in [0.05, 0.1) is 0 Å². The van der Waals surface area contributed by atoms with E-state index in [1.54, 1.807) is 0 Å². The molecule has 1 saturated heterocycles. The lowest BCUT2D eigenvalue weighted by Gasteiger charge is -1.99. The van der Waals surface area contributed by atoms with Crippen LogP contribution in [0.25, 0.3) is 0 Å². The van der Waals surface area contributed by atoms with Gasteiger partial charge in [0, 0.05) is 6.42 Å². The monoisotopic (exact) mass is 183 g/mol. The maximum absolute atomic E-state index is 2.52. The molecule has 1 rings (SSSR count). The van der Waals surface area contributed by atoms with E-state index in [2.05, 4.69) is 11.8 Å². The van der Waals surface area contributed by atoms with Crippen LogP contribution in [-0.2, 0) is 0 Å². The Hall–Kier alpha value is -0.0400. The van der Waals surface area contributed by atoms with Crippen molar-refractivity contribution in [3.8, 4) is 0 Å². The lowest BCUT2D eigenvalue weighted by molar-refractivity contribution is 0.554. The predicted octanol–water partition coefficient (Wildman–Crippen LogP) is 3.28. The second-order valence-corrected chi connectivity index (χ2v) is 4.32. The van der Waals surface area contributed by atoms with Crippen molar-refractivity contribution < 1.29 is 0 Å². The molecule has 0 aromatic heterocycles. The third-order valence-corrected chi connectivity index (χ3v) is 2.87. The largest absolute Gasteiger partial charge is 0.176 e. The van der Waals surface area contributed by atoms with E-state index in [4.69, 9.17) is 0 Å². The summed E-state index contributed by atoms with van der Waals surface area (Å²) < 4.78 is 0. The average molecular weight is 183 g/mol. The van der Waals surface area contributed by atoms with Crippen molar-refractivity contribution in [3.05, 3.63) is 0 Å². The van der Waals surface area contributed by atoms with Gasteiger partial charge in [-0.1, -0.05) is 45.4 Å². The fourth-order valence-electron chi connectivity index (χ4n) is 1.76. The molecule has 0 amide bonds. The van der Waals surface area contributed by atoms with Crippen LogP contribution < -0.4 is 4.90 Å². The van der Waals surface area contributed by atoms with Crippen molar-refractivity contribution in [2.24, 2.45) is 0 Å². The highest BCUT2D eigenvalue weighted by atomic mass is 15.2. The fourth-order valence-corrected chi connectivity index (χ4v) is 1.76. The Kier molecular flexibility index (Phi) is 6.26. The number of hydrogen-bond acceptors (Lipinski definition) is 1. The molecule has 0 N–H and O–H groups in total. The molecule has 0 bridgehead atoms. The van der Waals surface area contributed by atoms with Crippen LogP contribution in [0, 0.1) is 0 Å². The average Bonchev–Trinajstić information content (AvgIpc) is 2.93. The molecular weight excluding hydrogens is 158 g/mol. The van der Waals surface area contributed by atoms with Gasteiger partial charge in [-0.15, -0.1) is 0 Å². The normalized spacial score (nSPS) is 16.4. The van der Waals surface area contributed by atoms with E-state index in [0.29, 0.717) is 0 Å². The molecule has 13 heavy (non-hydrogen) atoms. The van der Waals surface area contributed by atoms with Crippen LogP contribution in [0.15, 0.2) is 0 Å². The van der Waals surface area contributed by atoms with Gasteiger partial charge in [0.2, 0.25) is 0 Å². The smallest absolute Gasteiger partial charge is 0.159 e. The Morgan fingerprint density at radius 3 is 1.85 bits per heavy atom. The van der Waals surface area contributed by atoms with E-state index < -0.39 is 0 Å². The van der Waals surface area contributed by atoms with Crippen LogP contribution >= 0.6 is 0 Å². The van der Waals surface area contributed by atoms with Gasteiger partial charge in [0.25, 0.3) is 0 Å². The first kappa shape index (κ1) is 11.0. The zero-order chi connectivity index (χ0) is 9.36. The first-order valence-electron chi connectivity index (χ1n) is 6.16. The summed E-state index contributed by atoms with van der Waals surface area (Å²) in [7, 11) is 0. The van der Waals surface area contributed by atoms with Crippen molar-refractivity contribution in [1.29, 1.82) is 0 Å². The number of rotatable bonds is 9. The second kappa shape index (κ2) is 7.37. The molecule has 0 aromatic rings. The standard InChI is InChI=1S/C12H25N/c1-2-3-4-5-6-7-8-9-10-13-11-12-13/h2-12H2,1H3/q+1. The van der Waals surface area contributed by atoms with E-state index in [1.807, 2.05) is 0 Å². The third kappa shape index (κ3) is 7.06. The van der Waals surface area contributed by atoms with Crippen molar-refractivity contribution in [3.63, 3.8) is 0 Å². The van der Waals surface area contributed by atoms with E-state index >= 15 is 0 Å². The molecule has 1 fully saturated rings. The van der Waals surface area contributed by atoms with Gasteiger partial charge in [0.1, 0.15) is 6.54 Å². The van der Waals surface area contributed by atoms with Gasteiger partial charge in [-0.25, -0.2) is 0 Å². The molecule has 1 radical (unpaired) electrons. The Bertz CT molecular complexity index is 108. The summed E-state index contributed by atoms with van der Waals surface area (Å²) in [6.45, 7) is 6.39. The molecule has 1 aliphatic rings. The van der Waals surface area contributed by atoms with Crippen molar-refractivity contribution in [1.82, 2.24) is 4.90 Å². The molecule has 0 spiro atoms. The highest BCUT2D eigenvalue weighted by Crippen LogP contribution is 2.09. The molecule has 1 nitrogen and oxygen atoms in total. The summed E-state index contributed by atoms with van der Waals surface area (Å²) in [6, 6.07) is 0. The Balaban J connectivity index is 1.63. The van der Waals surface area contributed by atoms with Gasteiger partial charge in [-0.3, -0.25) is 0 Å². The maximum atomic E-state index is 2.52. The SMILES string of the molecule is CCCCCCCCCC[N+]1CC1. The van der Waals surface area contributed by atoms with Crippen molar-refractivity contribution >= 4 is 0 Å². The second-order valence-electron chi connectivity index (χ2n) is 4.32. The van der Waals surface area contributed by atoms with E-state index in [9.17, 15) is 0 Å². The van der Waals surface area contributed by atoms with Gasteiger partial charge < -0.3 is 0 Å². The highest BCUT2D eigenvalue weighted by molar-refractivity contribution is 4.78. The Labute approximate surface area is 83.5 Å². The summed E-state index contributed by atoms with van der Waals surface area (Å²) in [5, 5.41) is 0.